The molecule has 0 saturated carbocycles. The maximum absolute atomic E-state index is 11.6. The predicted octanol–water partition coefficient (Wildman–Crippen LogP) is 1.42. The Morgan fingerprint density at radius 2 is 2.36 bits per heavy atom. The molecule has 0 aliphatic carbocycles. The molecule has 0 unspecified atom stereocenters. The summed E-state index contributed by atoms with van der Waals surface area (Å²) in [6.45, 7) is 1.19. The van der Waals surface area contributed by atoms with Crippen LogP contribution in [0.2, 0.25) is 0 Å². The van der Waals surface area contributed by atoms with E-state index >= 15 is 0 Å². The molecule has 0 amide bonds. The lowest BCUT2D eigenvalue weighted by Gasteiger charge is -2.03. The Labute approximate surface area is 64.7 Å². The third-order valence-electron chi connectivity index (χ3n) is 1.57. The van der Waals surface area contributed by atoms with Crippen molar-refractivity contribution in [1.82, 2.24) is 5.32 Å². The summed E-state index contributed by atoms with van der Waals surface area (Å²) in [6.07, 6.45) is -0.316. The lowest BCUT2D eigenvalue weighted by Crippen LogP contribution is -2.23. The van der Waals surface area contributed by atoms with Crippen molar-refractivity contribution in [3.8, 4) is 0 Å². The van der Waals surface area contributed by atoms with Crippen LogP contribution in [0.25, 0.3) is 0 Å². The topological polar surface area (TPSA) is 24.4 Å². The summed E-state index contributed by atoms with van der Waals surface area (Å²) in [5.74, 6) is 0.894. The van der Waals surface area contributed by atoms with E-state index in [2.05, 4.69) is 10.3 Å². The molecule has 0 fully saturated rings. The summed E-state index contributed by atoms with van der Waals surface area (Å²) in [6, 6.07) is 0. The first-order valence-corrected chi connectivity index (χ1v) is 3.84. The van der Waals surface area contributed by atoms with Crippen molar-refractivity contribution in [3.63, 3.8) is 0 Å². The molecule has 64 valence electrons. The summed E-state index contributed by atoms with van der Waals surface area (Å²) in [4.78, 5) is 4.09. The van der Waals surface area contributed by atoms with Gasteiger partial charge >= 0.3 is 0 Å². The lowest BCUT2D eigenvalue weighted by atomic mass is 10.3. The summed E-state index contributed by atoms with van der Waals surface area (Å²) < 4.78 is 23.3. The van der Waals surface area contributed by atoms with Gasteiger partial charge in [-0.15, -0.1) is 0 Å². The minimum absolute atomic E-state index is 0.0843. The number of nitrogens with one attached hydrogen (secondary N) is 1. The van der Waals surface area contributed by atoms with Gasteiger partial charge in [0.1, 0.15) is 0 Å². The Morgan fingerprint density at radius 1 is 1.55 bits per heavy atom. The third-order valence-corrected chi connectivity index (χ3v) is 1.57. The van der Waals surface area contributed by atoms with Gasteiger partial charge in [-0.1, -0.05) is 0 Å². The smallest absolute Gasteiger partial charge is 0.240 e. The summed E-state index contributed by atoms with van der Waals surface area (Å²) in [5, 5.41) is 2.88. The van der Waals surface area contributed by atoms with E-state index in [4.69, 9.17) is 0 Å². The molecule has 0 aromatic rings. The first-order valence-electron chi connectivity index (χ1n) is 3.84. The monoisotopic (exact) mass is 162 g/mol. The van der Waals surface area contributed by atoms with Gasteiger partial charge in [0.25, 0.3) is 0 Å². The fraction of sp³-hybridized carbons (Fsp3) is 0.857. The minimum Gasteiger partial charge on any atom is -0.374 e. The highest BCUT2D eigenvalue weighted by molar-refractivity contribution is 5.83. The van der Waals surface area contributed by atoms with Gasteiger partial charge in [-0.2, -0.15) is 0 Å². The highest BCUT2D eigenvalue weighted by Crippen LogP contribution is 2.02. The highest BCUT2D eigenvalue weighted by Gasteiger charge is 2.06. The molecule has 0 radical (unpaired) electrons. The van der Waals surface area contributed by atoms with E-state index in [-0.39, 0.29) is 6.42 Å². The Hall–Kier alpha value is -0.670. The largest absolute Gasteiger partial charge is 0.374 e. The Morgan fingerprint density at radius 3 is 2.91 bits per heavy atom. The Balaban J connectivity index is 2.03. The Bertz CT molecular complexity index is 145. The third kappa shape index (κ3) is 3.30. The molecule has 0 spiro atoms. The number of amidine groups is 1. The molecule has 1 rings (SSSR count). The van der Waals surface area contributed by atoms with E-state index in [0.717, 1.165) is 25.2 Å². The van der Waals surface area contributed by atoms with Crippen LogP contribution in [0.1, 0.15) is 19.3 Å². The number of alkyl halides is 2. The van der Waals surface area contributed by atoms with Gasteiger partial charge in [-0.05, 0) is 6.42 Å². The summed E-state index contributed by atoms with van der Waals surface area (Å²) in [5.41, 5.74) is 0. The number of halogens is 2. The molecule has 1 heterocycles. The summed E-state index contributed by atoms with van der Waals surface area (Å²) >= 11 is 0. The standard InChI is InChI=1S/C7H12F2N2/c8-6(9)3-5-11-7-2-1-4-10-7/h6H,1-5H2,(H,10,11). The molecule has 0 atom stereocenters. The van der Waals surface area contributed by atoms with Crippen LogP contribution in [0.3, 0.4) is 0 Å². The van der Waals surface area contributed by atoms with Crippen molar-refractivity contribution in [2.75, 3.05) is 13.1 Å². The first-order chi connectivity index (χ1) is 5.29. The number of rotatable bonds is 3. The van der Waals surface area contributed by atoms with E-state index in [9.17, 15) is 8.78 Å². The van der Waals surface area contributed by atoms with Gasteiger partial charge in [0.05, 0.1) is 5.84 Å². The molecule has 0 aromatic heterocycles. The molecule has 4 heteroatoms. The first kappa shape index (κ1) is 8.43. The van der Waals surface area contributed by atoms with Crippen molar-refractivity contribution < 1.29 is 8.78 Å². The average molecular weight is 162 g/mol. The SMILES string of the molecule is FC(F)CCNC1=NCCC1. The molecule has 1 aliphatic rings. The van der Waals surface area contributed by atoms with Crippen molar-refractivity contribution >= 4 is 5.84 Å². The van der Waals surface area contributed by atoms with E-state index in [1.165, 1.54) is 0 Å². The number of nitrogens with zero attached hydrogens (tertiary/aromatic N) is 1. The van der Waals surface area contributed by atoms with Crippen molar-refractivity contribution in [2.24, 2.45) is 4.99 Å². The maximum Gasteiger partial charge on any atom is 0.240 e. The average Bonchev–Trinajstić information content (AvgIpc) is 2.39. The van der Waals surface area contributed by atoms with E-state index in [1.807, 2.05) is 0 Å². The van der Waals surface area contributed by atoms with Gasteiger partial charge in [-0.3, -0.25) is 4.99 Å². The molecular formula is C7H12F2N2. The quantitative estimate of drug-likeness (QED) is 0.666. The molecule has 0 saturated heterocycles. The van der Waals surface area contributed by atoms with E-state index in [1.54, 1.807) is 0 Å². The van der Waals surface area contributed by atoms with Crippen molar-refractivity contribution in [1.29, 1.82) is 0 Å². The van der Waals surface area contributed by atoms with Crippen LogP contribution in [0.5, 0.6) is 0 Å². The van der Waals surface area contributed by atoms with Crippen LogP contribution < -0.4 is 5.32 Å². The zero-order chi connectivity index (χ0) is 8.10. The fourth-order valence-corrected chi connectivity index (χ4v) is 1.01. The van der Waals surface area contributed by atoms with Crippen LogP contribution in [0.15, 0.2) is 4.99 Å². The molecule has 0 bridgehead atoms. The van der Waals surface area contributed by atoms with Crippen molar-refractivity contribution in [2.45, 2.75) is 25.7 Å². The minimum atomic E-state index is -2.20. The van der Waals surface area contributed by atoms with E-state index in [0.29, 0.717) is 6.54 Å². The summed E-state index contributed by atoms with van der Waals surface area (Å²) in [7, 11) is 0. The van der Waals surface area contributed by atoms with Crippen LogP contribution in [0, 0.1) is 0 Å². The van der Waals surface area contributed by atoms with E-state index < -0.39 is 6.43 Å². The van der Waals surface area contributed by atoms with Gasteiger partial charge < -0.3 is 5.32 Å². The number of hydrogen-bond acceptors (Lipinski definition) is 2. The highest BCUT2D eigenvalue weighted by atomic mass is 19.3. The van der Waals surface area contributed by atoms with Crippen molar-refractivity contribution in [3.05, 3.63) is 0 Å². The Kier molecular flexibility index (Phi) is 3.26. The second-order valence-electron chi connectivity index (χ2n) is 2.54. The second kappa shape index (κ2) is 4.26. The molecule has 2 nitrogen and oxygen atoms in total. The lowest BCUT2D eigenvalue weighted by molar-refractivity contribution is 0.139. The zero-order valence-corrected chi connectivity index (χ0v) is 6.32. The molecular weight excluding hydrogens is 150 g/mol. The number of aliphatic imine (C=N–C) groups is 1. The number of hydrogen-bond donors (Lipinski definition) is 1. The molecule has 1 N–H and O–H groups in total. The van der Waals surface area contributed by atoms with Gasteiger partial charge in [0.15, 0.2) is 0 Å². The van der Waals surface area contributed by atoms with Gasteiger partial charge in [0.2, 0.25) is 6.43 Å². The van der Waals surface area contributed by atoms with Crippen LogP contribution >= 0.6 is 0 Å². The molecule has 11 heavy (non-hydrogen) atoms. The fourth-order valence-electron chi connectivity index (χ4n) is 1.01. The maximum atomic E-state index is 11.6. The van der Waals surface area contributed by atoms with Gasteiger partial charge in [-0.25, -0.2) is 8.78 Å². The van der Waals surface area contributed by atoms with Crippen LogP contribution in [0.4, 0.5) is 8.78 Å². The van der Waals surface area contributed by atoms with Crippen LogP contribution in [-0.2, 0) is 0 Å². The zero-order valence-electron chi connectivity index (χ0n) is 6.32. The molecule has 0 aromatic carbocycles. The van der Waals surface area contributed by atoms with Gasteiger partial charge in [0, 0.05) is 25.9 Å². The molecule has 1 aliphatic heterocycles. The normalized spacial score (nSPS) is 17.2. The second-order valence-corrected chi connectivity index (χ2v) is 2.54. The van der Waals surface area contributed by atoms with Crippen LogP contribution in [-0.4, -0.2) is 25.4 Å². The predicted molar refractivity (Wildman–Crippen MR) is 40.2 cm³/mol.